The Morgan fingerprint density at radius 3 is 2.22 bits per heavy atom. The van der Waals surface area contributed by atoms with Crippen LogP contribution in [0.25, 0.3) is 22.6 Å². The van der Waals surface area contributed by atoms with Crippen molar-refractivity contribution in [3.05, 3.63) is 66.2 Å². The van der Waals surface area contributed by atoms with Gasteiger partial charge in [-0.25, -0.2) is 9.97 Å². The molecule has 0 aliphatic heterocycles. The summed E-state index contributed by atoms with van der Waals surface area (Å²) in [5, 5.41) is 2.79. The van der Waals surface area contributed by atoms with Crippen LogP contribution >= 0.6 is 0 Å². The number of nitrogens with two attached hydrogens (primary N) is 1. The largest absolute Gasteiger partial charge is 0.416 e. The van der Waals surface area contributed by atoms with Crippen molar-refractivity contribution in [1.29, 1.82) is 0 Å². The van der Waals surface area contributed by atoms with Gasteiger partial charge in [0.05, 0.1) is 17.8 Å². The number of carbonyl (C=O) groups excluding carboxylic acids is 1. The summed E-state index contributed by atoms with van der Waals surface area (Å²) in [6.07, 6.45) is -4.42. The molecule has 0 atom stereocenters. The number of aromatic nitrogens is 2. The zero-order valence-corrected chi connectivity index (χ0v) is 14.0. The average Bonchev–Trinajstić information content (AvgIpc) is 2.66. The summed E-state index contributed by atoms with van der Waals surface area (Å²) in [6, 6.07) is 15.4. The first-order chi connectivity index (χ1) is 12.8. The van der Waals surface area contributed by atoms with E-state index >= 15 is 0 Å². The lowest BCUT2D eigenvalue weighted by atomic mass is 10.1. The standard InChI is InChI=1S/C19H15F3N4O/c20-19(21,22)14-8-6-13(7-9-14)18-25-15(12-4-2-1-3-5-12)10-17(26-18)24-11-16(23)27/h1-10H,11H2,(H2,23,27)(H,24,25,26). The number of primary amides is 1. The number of carbonyl (C=O) groups is 1. The second kappa shape index (κ2) is 7.45. The molecule has 5 nitrogen and oxygen atoms in total. The van der Waals surface area contributed by atoms with Crippen molar-refractivity contribution in [3.63, 3.8) is 0 Å². The van der Waals surface area contributed by atoms with E-state index in [0.29, 0.717) is 17.1 Å². The molecular weight excluding hydrogens is 357 g/mol. The Balaban J connectivity index is 2.03. The number of rotatable bonds is 5. The highest BCUT2D eigenvalue weighted by Crippen LogP contribution is 2.31. The third-order valence-electron chi connectivity index (χ3n) is 3.71. The van der Waals surface area contributed by atoms with Crippen LogP contribution in [-0.4, -0.2) is 22.4 Å². The summed E-state index contributed by atoms with van der Waals surface area (Å²) in [6.45, 7) is -0.127. The van der Waals surface area contributed by atoms with Gasteiger partial charge in [-0.2, -0.15) is 13.2 Å². The lowest BCUT2D eigenvalue weighted by Gasteiger charge is -2.11. The molecule has 3 rings (SSSR count). The number of anilines is 1. The molecule has 8 heteroatoms. The summed E-state index contributed by atoms with van der Waals surface area (Å²) < 4.78 is 38.3. The molecule has 0 saturated heterocycles. The number of alkyl halides is 3. The Morgan fingerprint density at radius 1 is 0.963 bits per heavy atom. The van der Waals surface area contributed by atoms with Gasteiger partial charge in [0.2, 0.25) is 5.91 Å². The van der Waals surface area contributed by atoms with Gasteiger partial charge in [0.15, 0.2) is 5.82 Å². The average molecular weight is 372 g/mol. The Kier molecular flexibility index (Phi) is 5.07. The van der Waals surface area contributed by atoms with Gasteiger partial charge < -0.3 is 11.1 Å². The topological polar surface area (TPSA) is 80.9 Å². The quantitative estimate of drug-likeness (QED) is 0.715. The maximum Gasteiger partial charge on any atom is 0.416 e. The molecule has 1 amide bonds. The van der Waals surface area contributed by atoms with Crippen LogP contribution in [0.4, 0.5) is 19.0 Å². The van der Waals surface area contributed by atoms with Crippen molar-refractivity contribution in [2.24, 2.45) is 5.73 Å². The molecule has 1 heterocycles. The number of nitrogens with one attached hydrogen (secondary N) is 1. The van der Waals surface area contributed by atoms with Gasteiger partial charge in [0.25, 0.3) is 0 Å². The van der Waals surface area contributed by atoms with Gasteiger partial charge in [-0.3, -0.25) is 4.79 Å². The van der Waals surface area contributed by atoms with Crippen molar-refractivity contribution in [1.82, 2.24) is 9.97 Å². The highest BCUT2D eigenvalue weighted by molar-refractivity contribution is 5.79. The minimum atomic E-state index is -4.42. The van der Waals surface area contributed by atoms with Crippen LogP contribution in [0.5, 0.6) is 0 Å². The summed E-state index contributed by atoms with van der Waals surface area (Å²) in [5.74, 6) is 0.0144. The lowest BCUT2D eigenvalue weighted by molar-refractivity contribution is -0.137. The van der Waals surface area contributed by atoms with Gasteiger partial charge >= 0.3 is 6.18 Å². The van der Waals surface area contributed by atoms with Crippen molar-refractivity contribution in [3.8, 4) is 22.6 Å². The van der Waals surface area contributed by atoms with E-state index in [2.05, 4.69) is 15.3 Å². The van der Waals surface area contributed by atoms with Gasteiger partial charge in [-0.05, 0) is 12.1 Å². The van der Waals surface area contributed by atoms with Crippen molar-refractivity contribution < 1.29 is 18.0 Å². The van der Waals surface area contributed by atoms with E-state index in [-0.39, 0.29) is 12.4 Å². The van der Waals surface area contributed by atoms with Crippen LogP contribution in [0.3, 0.4) is 0 Å². The fourth-order valence-corrected chi connectivity index (χ4v) is 2.41. The van der Waals surface area contributed by atoms with Crippen LogP contribution < -0.4 is 11.1 Å². The number of nitrogens with zero attached hydrogens (tertiary/aromatic N) is 2. The fraction of sp³-hybridized carbons (Fsp3) is 0.105. The second-order valence-corrected chi connectivity index (χ2v) is 5.72. The minimum Gasteiger partial charge on any atom is -0.368 e. The molecule has 1 aromatic heterocycles. The molecule has 0 spiro atoms. The van der Waals surface area contributed by atoms with E-state index in [9.17, 15) is 18.0 Å². The smallest absolute Gasteiger partial charge is 0.368 e. The molecule has 0 radical (unpaired) electrons. The van der Waals surface area contributed by atoms with Gasteiger partial charge in [-0.15, -0.1) is 0 Å². The van der Waals surface area contributed by atoms with Crippen LogP contribution in [0, 0.1) is 0 Å². The van der Waals surface area contributed by atoms with Crippen LogP contribution in [0.1, 0.15) is 5.56 Å². The van der Waals surface area contributed by atoms with E-state index in [1.165, 1.54) is 12.1 Å². The number of halogens is 3. The fourth-order valence-electron chi connectivity index (χ4n) is 2.41. The summed E-state index contributed by atoms with van der Waals surface area (Å²) in [7, 11) is 0. The molecule has 0 saturated carbocycles. The van der Waals surface area contributed by atoms with Crippen LogP contribution in [-0.2, 0) is 11.0 Å². The first kappa shape index (κ1) is 18.4. The van der Waals surface area contributed by atoms with Gasteiger partial charge in [-0.1, -0.05) is 42.5 Å². The minimum absolute atomic E-state index is 0.127. The lowest BCUT2D eigenvalue weighted by Crippen LogP contribution is -2.22. The Labute approximate surface area is 153 Å². The van der Waals surface area contributed by atoms with E-state index in [1.54, 1.807) is 6.07 Å². The van der Waals surface area contributed by atoms with E-state index < -0.39 is 17.6 Å². The van der Waals surface area contributed by atoms with Crippen molar-refractivity contribution >= 4 is 11.7 Å². The molecule has 0 bridgehead atoms. The molecule has 27 heavy (non-hydrogen) atoms. The number of amides is 1. The SMILES string of the molecule is NC(=O)CNc1cc(-c2ccccc2)nc(-c2ccc(C(F)(F)F)cc2)n1. The highest BCUT2D eigenvalue weighted by atomic mass is 19.4. The number of hydrogen-bond donors (Lipinski definition) is 2. The molecule has 2 aromatic carbocycles. The zero-order chi connectivity index (χ0) is 19.4. The predicted molar refractivity (Wildman–Crippen MR) is 95.6 cm³/mol. The second-order valence-electron chi connectivity index (χ2n) is 5.72. The molecule has 3 N–H and O–H groups in total. The summed E-state index contributed by atoms with van der Waals surface area (Å²) >= 11 is 0. The van der Waals surface area contributed by atoms with Crippen molar-refractivity contribution in [2.45, 2.75) is 6.18 Å². The summed E-state index contributed by atoms with van der Waals surface area (Å²) in [4.78, 5) is 19.7. The van der Waals surface area contributed by atoms with Gasteiger partial charge in [0.1, 0.15) is 5.82 Å². The summed E-state index contributed by atoms with van der Waals surface area (Å²) in [5.41, 5.74) is 6.18. The molecule has 3 aromatic rings. The normalized spacial score (nSPS) is 11.2. The molecule has 0 aliphatic carbocycles. The van der Waals surface area contributed by atoms with Crippen molar-refractivity contribution in [2.75, 3.05) is 11.9 Å². The monoisotopic (exact) mass is 372 g/mol. The Bertz CT molecular complexity index is 941. The number of hydrogen-bond acceptors (Lipinski definition) is 4. The third kappa shape index (κ3) is 4.60. The predicted octanol–water partition coefficient (Wildman–Crippen LogP) is 3.73. The third-order valence-corrected chi connectivity index (χ3v) is 3.71. The molecule has 0 unspecified atom stereocenters. The number of benzene rings is 2. The van der Waals surface area contributed by atoms with E-state index in [4.69, 9.17) is 5.73 Å². The Morgan fingerprint density at radius 2 is 1.63 bits per heavy atom. The highest BCUT2D eigenvalue weighted by Gasteiger charge is 2.30. The molecule has 0 fully saturated rings. The first-order valence-corrected chi connectivity index (χ1v) is 7.97. The van der Waals surface area contributed by atoms with E-state index in [1.807, 2.05) is 30.3 Å². The maximum absolute atomic E-state index is 12.8. The zero-order valence-electron chi connectivity index (χ0n) is 14.0. The van der Waals surface area contributed by atoms with Crippen LogP contribution in [0.15, 0.2) is 60.7 Å². The van der Waals surface area contributed by atoms with E-state index in [0.717, 1.165) is 17.7 Å². The van der Waals surface area contributed by atoms with Gasteiger partial charge in [0, 0.05) is 17.2 Å². The van der Waals surface area contributed by atoms with Crippen LogP contribution in [0.2, 0.25) is 0 Å². The first-order valence-electron chi connectivity index (χ1n) is 7.97. The molecule has 0 aliphatic rings. The Hall–Kier alpha value is -3.42. The molecular formula is C19H15F3N4O. The maximum atomic E-state index is 12.8. The molecule has 138 valence electrons.